The quantitative estimate of drug-likeness (QED) is 0.164. The minimum Gasteiger partial charge on any atom is -0.311 e. The lowest BCUT2D eigenvalue weighted by molar-refractivity contribution is 0.590. The van der Waals surface area contributed by atoms with Crippen molar-refractivity contribution in [1.29, 1.82) is 0 Å². The van der Waals surface area contributed by atoms with Crippen LogP contribution in [0.2, 0.25) is 0 Å². The fourth-order valence-corrected chi connectivity index (χ4v) is 13.5. The van der Waals surface area contributed by atoms with Crippen LogP contribution in [0.5, 0.6) is 0 Å². The van der Waals surface area contributed by atoms with Crippen LogP contribution in [-0.2, 0) is 27.1 Å². The van der Waals surface area contributed by atoms with Crippen molar-refractivity contribution in [2.75, 3.05) is 9.80 Å². The molecule has 5 heteroatoms. The second-order valence-electron chi connectivity index (χ2n) is 28.4. The lowest BCUT2D eigenvalue weighted by atomic mass is 9.33. The summed E-state index contributed by atoms with van der Waals surface area (Å²) in [6, 6.07) is 66.8. The molecule has 0 fully saturated rings. The average molecular weight is 1030 g/mol. The summed E-state index contributed by atoms with van der Waals surface area (Å²) in [6.07, 6.45) is 0. The van der Waals surface area contributed by atoms with Gasteiger partial charge in [0.2, 0.25) is 0 Å². The highest BCUT2D eigenvalue weighted by Crippen LogP contribution is 2.50. The number of nitrogens with zero attached hydrogens (tertiary/aromatic N) is 4. The van der Waals surface area contributed by atoms with Crippen LogP contribution in [0, 0.1) is 0 Å². The molecule has 0 radical (unpaired) electrons. The fraction of sp³-hybridized carbons (Fsp3) is 0.270. The van der Waals surface area contributed by atoms with Crippen molar-refractivity contribution >= 4 is 117 Å². The van der Waals surface area contributed by atoms with Crippen LogP contribution in [0.4, 0.5) is 34.1 Å². The van der Waals surface area contributed by atoms with Gasteiger partial charge in [-0.3, -0.25) is 0 Å². The SMILES string of the molecule is CC(C)(C)c1ccc(N2c3ccc(C(C)(C)C)cc3B3c4cc5c6cc(C(C)(C)C)cc7c8cc(C(C)(C)C)ccc8n(c5cc4N(c4ccc(C(C)(C)C)cc4)c4cc(-n5c8ccccc8c8ccccc85)cc2c43)c76)cc1. The predicted molar refractivity (Wildman–Crippen MR) is 343 cm³/mol. The van der Waals surface area contributed by atoms with Crippen molar-refractivity contribution in [3.8, 4) is 5.69 Å². The third-order valence-electron chi connectivity index (χ3n) is 18.0. The molecule has 14 rings (SSSR count). The van der Waals surface area contributed by atoms with Gasteiger partial charge in [-0.25, -0.2) is 0 Å². The van der Waals surface area contributed by atoms with Crippen molar-refractivity contribution in [2.24, 2.45) is 0 Å². The molecular formula is C74H73BN4. The van der Waals surface area contributed by atoms with Crippen LogP contribution in [0.25, 0.3) is 65.6 Å². The summed E-state index contributed by atoms with van der Waals surface area (Å²) in [6.45, 7) is 35.0. The van der Waals surface area contributed by atoms with E-state index < -0.39 is 0 Å². The zero-order valence-electron chi connectivity index (χ0n) is 49.0. The summed E-state index contributed by atoms with van der Waals surface area (Å²) in [4.78, 5) is 5.23. The maximum atomic E-state index is 2.64. The molecule has 2 aliphatic heterocycles. The molecule has 0 spiro atoms. The molecule has 12 aromatic rings. The fourth-order valence-electron chi connectivity index (χ4n) is 13.5. The van der Waals surface area contributed by atoms with E-state index in [1.54, 1.807) is 0 Å². The van der Waals surface area contributed by atoms with Gasteiger partial charge in [-0.1, -0.05) is 189 Å². The number of fused-ring (bicyclic) bond motifs is 13. The van der Waals surface area contributed by atoms with E-state index in [0.717, 1.165) is 17.1 Å². The molecule has 4 nitrogen and oxygen atoms in total. The van der Waals surface area contributed by atoms with E-state index >= 15 is 0 Å². The van der Waals surface area contributed by atoms with E-state index in [4.69, 9.17) is 0 Å². The summed E-state index contributed by atoms with van der Waals surface area (Å²) in [7, 11) is 0. The van der Waals surface area contributed by atoms with Gasteiger partial charge in [-0.15, -0.1) is 0 Å². The topological polar surface area (TPSA) is 15.8 Å². The Morgan fingerprint density at radius 1 is 0.291 bits per heavy atom. The van der Waals surface area contributed by atoms with E-state index in [1.165, 1.54) is 127 Å². The Balaban J connectivity index is 1.16. The lowest BCUT2D eigenvalue weighted by Gasteiger charge is -2.45. The first kappa shape index (κ1) is 49.5. The van der Waals surface area contributed by atoms with E-state index in [2.05, 4.69) is 292 Å². The maximum Gasteiger partial charge on any atom is 0.252 e. The Bertz CT molecular complexity index is 4440. The molecule has 79 heavy (non-hydrogen) atoms. The zero-order valence-corrected chi connectivity index (χ0v) is 49.0. The standard InChI is InChI=1S/C74H73BN4/c1-70(2,3)44-24-30-49(31-25-44)76-63-35-29-47(73(10,11)12)39-58(63)75-59-42-55-57-38-48(74(13,14)15)37-56-54-36-46(72(7,8)9)28-34-62(54)79(69(56)57)64(55)43-65(59)77(50-32-26-45(27-33-50)71(4,5)6)67-41-51(40-66(76)68(67)75)78-60-22-18-16-20-52(60)53-21-17-19-23-61(53)78/h16-43H,1-15H3. The van der Waals surface area contributed by atoms with Crippen LogP contribution in [-0.4, -0.2) is 15.7 Å². The molecule has 0 atom stereocenters. The largest absolute Gasteiger partial charge is 0.311 e. The Hall–Kier alpha value is -7.76. The van der Waals surface area contributed by atoms with Gasteiger partial charge in [0, 0.05) is 66.4 Å². The van der Waals surface area contributed by atoms with Gasteiger partial charge in [0.1, 0.15) is 0 Å². The van der Waals surface area contributed by atoms with Crippen molar-refractivity contribution in [3.63, 3.8) is 0 Å². The Morgan fingerprint density at radius 2 is 0.722 bits per heavy atom. The van der Waals surface area contributed by atoms with Crippen LogP contribution >= 0.6 is 0 Å². The predicted octanol–water partition coefficient (Wildman–Crippen LogP) is 18.5. The molecule has 0 saturated carbocycles. The van der Waals surface area contributed by atoms with Crippen molar-refractivity contribution in [3.05, 3.63) is 198 Å². The van der Waals surface area contributed by atoms with Crippen LogP contribution < -0.4 is 26.2 Å². The minimum absolute atomic E-state index is 0.00813. The molecule has 5 heterocycles. The summed E-state index contributed by atoms with van der Waals surface area (Å²) in [5.74, 6) is 0. The first-order valence-corrected chi connectivity index (χ1v) is 28.8. The normalized spacial score (nSPS) is 14.2. The highest BCUT2D eigenvalue weighted by molar-refractivity contribution is 7.00. The number of hydrogen-bond donors (Lipinski definition) is 0. The highest BCUT2D eigenvalue weighted by Gasteiger charge is 2.45. The Labute approximate surface area is 467 Å². The molecular weight excluding hydrogens is 956 g/mol. The number of aromatic nitrogens is 2. The zero-order chi connectivity index (χ0) is 55.2. The first-order valence-electron chi connectivity index (χ1n) is 28.8. The minimum atomic E-state index is -0.0858. The smallest absolute Gasteiger partial charge is 0.252 e. The van der Waals surface area contributed by atoms with Gasteiger partial charge < -0.3 is 18.8 Å². The summed E-state index contributed by atoms with van der Waals surface area (Å²) in [5, 5.41) is 7.78. The van der Waals surface area contributed by atoms with Crippen molar-refractivity contribution < 1.29 is 0 Å². The summed E-state index contributed by atoms with van der Waals surface area (Å²) >= 11 is 0. The van der Waals surface area contributed by atoms with Crippen LogP contribution in [0.15, 0.2) is 170 Å². The van der Waals surface area contributed by atoms with Gasteiger partial charge in [-0.2, -0.15) is 0 Å². The van der Waals surface area contributed by atoms with E-state index in [1.807, 2.05) is 0 Å². The molecule has 3 aromatic heterocycles. The Morgan fingerprint density at radius 3 is 1.24 bits per heavy atom. The van der Waals surface area contributed by atoms with Crippen molar-refractivity contribution in [1.82, 2.24) is 8.97 Å². The highest BCUT2D eigenvalue weighted by atomic mass is 15.2. The molecule has 9 aromatic carbocycles. The number of para-hydroxylation sites is 2. The lowest BCUT2D eigenvalue weighted by Crippen LogP contribution is -2.61. The molecule has 0 aliphatic carbocycles. The number of hydrogen-bond acceptors (Lipinski definition) is 2. The molecule has 0 bridgehead atoms. The van der Waals surface area contributed by atoms with Gasteiger partial charge in [0.25, 0.3) is 6.71 Å². The molecule has 0 unspecified atom stereocenters. The second-order valence-corrected chi connectivity index (χ2v) is 28.4. The molecule has 392 valence electrons. The number of anilines is 6. The summed E-state index contributed by atoms with van der Waals surface area (Å²) < 4.78 is 5.13. The van der Waals surface area contributed by atoms with E-state index in [-0.39, 0.29) is 33.8 Å². The second kappa shape index (κ2) is 16.4. The van der Waals surface area contributed by atoms with Crippen LogP contribution in [0.3, 0.4) is 0 Å². The third kappa shape index (κ3) is 7.40. The van der Waals surface area contributed by atoms with Crippen molar-refractivity contribution in [2.45, 2.75) is 131 Å². The summed E-state index contributed by atoms with van der Waals surface area (Å²) in [5.41, 5.74) is 25.0. The molecule has 0 amide bonds. The first-order chi connectivity index (χ1) is 37.3. The maximum absolute atomic E-state index is 2.64. The van der Waals surface area contributed by atoms with Gasteiger partial charge in [0.05, 0.1) is 33.3 Å². The van der Waals surface area contributed by atoms with E-state index in [9.17, 15) is 0 Å². The van der Waals surface area contributed by atoms with Gasteiger partial charge >= 0.3 is 0 Å². The third-order valence-corrected chi connectivity index (χ3v) is 18.0. The molecule has 2 aliphatic rings. The monoisotopic (exact) mass is 1030 g/mol. The van der Waals surface area contributed by atoms with E-state index in [0.29, 0.717) is 0 Å². The van der Waals surface area contributed by atoms with Gasteiger partial charge in [-0.05, 0) is 156 Å². The average Bonchev–Trinajstić information content (AvgIpc) is 4.05. The Kier molecular flexibility index (Phi) is 10.3. The molecule has 0 N–H and O–H groups in total. The van der Waals surface area contributed by atoms with Crippen LogP contribution in [0.1, 0.15) is 132 Å². The molecule has 0 saturated heterocycles. The number of benzene rings is 9. The van der Waals surface area contributed by atoms with Gasteiger partial charge in [0.15, 0.2) is 0 Å². The number of rotatable bonds is 3.